The van der Waals surface area contributed by atoms with Crippen molar-refractivity contribution in [3.8, 4) is 5.75 Å². The van der Waals surface area contributed by atoms with E-state index in [0.717, 1.165) is 44.6 Å². The Labute approximate surface area is 149 Å². The zero-order chi connectivity index (χ0) is 17.6. The van der Waals surface area contributed by atoms with Gasteiger partial charge in [0.1, 0.15) is 5.75 Å². The van der Waals surface area contributed by atoms with Crippen molar-refractivity contribution in [3.63, 3.8) is 0 Å². The van der Waals surface area contributed by atoms with Gasteiger partial charge in [-0.25, -0.2) is 0 Å². The van der Waals surface area contributed by atoms with Crippen molar-refractivity contribution >= 4 is 17.5 Å². The molecule has 3 rings (SSSR count). The van der Waals surface area contributed by atoms with Gasteiger partial charge < -0.3 is 15.0 Å². The maximum atomic E-state index is 12.6. The lowest BCUT2D eigenvalue weighted by atomic mass is 10.0. The van der Waals surface area contributed by atoms with Gasteiger partial charge >= 0.3 is 0 Å². The number of carbonyl (C=O) groups is 2. The number of rotatable bonds is 5. The lowest BCUT2D eigenvalue weighted by Crippen LogP contribution is -2.41. The van der Waals surface area contributed by atoms with Crippen LogP contribution in [0.1, 0.15) is 25.7 Å². The van der Waals surface area contributed by atoms with E-state index in [1.807, 2.05) is 23.1 Å². The number of carbonyl (C=O) groups excluding carboxylic acids is 2. The number of piperidine rings is 1. The molecule has 0 aromatic heterocycles. The topological polar surface area (TPSA) is 61.9 Å². The van der Waals surface area contributed by atoms with Gasteiger partial charge in [-0.05, 0) is 44.4 Å². The van der Waals surface area contributed by atoms with Crippen LogP contribution in [-0.2, 0) is 9.59 Å². The number of anilines is 1. The third-order valence-corrected chi connectivity index (χ3v) is 5.01. The molecular weight excluding hydrogens is 318 g/mol. The van der Waals surface area contributed by atoms with Crippen molar-refractivity contribution < 1.29 is 14.3 Å². The Kier molecular flexibility index (Phi) is 5.91. The minimum Gasteiger partial charge on any atom is -0.497 e. The highest BCUT2D eigenvalue weighted by atomic mass is 16.5. The third kappa shape index (κ3) is 4.72. The van der Waals surface area contributed by atoms with Crippen LogP contribution >= 0.6 is 0 Å². The number of benzene rings is 1. The molecule has 2 aliphatic rings. The molecule has 2 fully saturated rings. The number of nitrogens with one attached hydrogen (secondary N) is 1. The average Bonchev–Trinajstić information content (AvgIpc) is 3.10. The molecule has 1 unspecified atom stereocenters. The molecule has 6 nitrogen and oxygen atoms in total. The second kappa shape index (κ2) is 8.34. The number of hydrogen-bond donors (Lipinski definition) is 1. The van der Waals surface area contributed by atoms with Crippen LogP contribution in [0.4, 0.5) is 5.69 Å². The molecule has 2 aliphatic heterocycles. The number of likely N-dealkylation sites (tertiary alicyclic amines) is 2. The fourth-order valence-electron chi connectivity index (χ4n) is 3.65. The highest BCUT2D eigenvalue weighted by Gasteiger charge is 2.32. The monoisotopic (exact) mass is 345 g/mol. The van der Waals surface area contributed by atoms with E-state index in [2.05, 4.69) is 10.2 Å². The molecule has 1 N–H and O–H groups in total. The van der Waals surface area contributed by atoms with E-state index in [0.29, 0.717) is 18.8 Å². The van der Waals surface area contributed by atoms with Gasteiger partial charge in [-0.2, -0.15) is 0 Å². The van der Waals surface area contributed by atoms with Gasteiger partial charge in [-0.15, -0.1) is 0 Å². The summed E-state index contributed by atoms with van der Waals surface area (Å²) >= 11 is 0. The Morgan fingerprint density at radius 1 is 1.20 bits per heavy atom. The van der Waals surface area contributed by atoms with Crippen LogP contribution in [0.15, 0.2) is 24.3 Å². The lowest BCUT2D eigenvalue weighted by molar-refractivity contribution is -0.136. The summed E-state index contributed by atoms with van der Waals surface area (Å²) in [5, 5.41) is 2.90. The number of nitrogens with zero attached hydrogens (tertiary/aromatic N) is 2. The molecular formula is C19H27N3O3. The highest BCUT2D eigenvalue weighted by Crippen LogP contribution is 2.21. The molecule has 6 heteroatoms. The number of hydrogen-bond acceptors (Lipinski definition) is 4. The van der Waals surface area contributed by atoms with Gasteiger partial charge in [0.2, 0.25) is 11.8 Å². The van der Waals surface area contributed by atoms with Crippen LogP contribution in [0.25, 0.3) is 0 Å². The van der Waals surface area contributed by atoms with Crippen LogP contribution in [0.3, 0.4) is 0 Å². The van der Waals surface area contributed by atoms with Gasteiger partial charge in [0.25, 0.3) is 0 Å². The Morgan fingerprint density at radius 2 is 2.00 bits per heavy atom. The number of ether oxygens (including phenoxy) is 1. The van der Waals surface area contributed by atoms with E-state index >= 15 is 0 Å². The SMILES string of the molecule is COc1cccc(NC(=O)CN2CCC(C(=O)N3CCCCC3)C2)c1. The number of methoxy groups -OCH3 is 1. The van der Waals surface area contributed by atoms with Gasteiger partial charge in [-0.1, -0.05) is 6.07 Å². The average molecular weight is 345 g/mol. The molecule has 1 aromatic rings. The van der Waals surface area contributed by atoms with Crippen molar-refractivity contribution in [1.82, 2.24) is 9.80 Å². The van der Waals surface area contributed by atoms with Crippen LogP contribution in [0, 0.1) is 5.92 Å². The van der Waals surface area contributed by atoms with Gasteiger partial charge in [0.15, 0.2) is 0 Å². The summed E-state index contributed by atoms with van der Waals surface area (Å²) in [5.41, 5.74) is 0.726. The summed E-state index contributed by atoms with van der Waals surface area (Å²) in [5.74, 6) is 0.976. The van der Waals surface area contributed by atoms with E-state index in [1.165, 1.54) is 6.42 Å². The number of amides is 2. The Balaban J connectivity index is 1.47. The van der Waals surface area contributed by atoms with Crippen molar-refractivity contribution in [2.45, 2.75) is 25.7 Å². The molecule has 1 atom stereocenters. The van der Waals surface area contributed by atoms with E-state index in [9.17, 15) is 9.59 Å². The fourth-order valence-corrected chi connectivity index (χ4v) is 3.65. The van der Waals surface area contributed by atoms with Gasteiger partial charge in [0, 0.05) is 31.4 Å². The first-order valence-corrected chi connectivity index (χ1v) is 9.11. The smallest absolute Gasteiger partial charge is 0.238 e. The van der Waals surface area contributed by atoms with Crippen molar-refractivity contribution in [3.05, 3.63) is 24.3 Å². The van der Waals surface area contributed by atoms with Crippen molar-refractivity contribution in [2.24, 2.45) is 5.92 Å². The Morgan fingerprint density at radius 3 is 2.76 bits per heavy atom. The van der Waals surface area contributed by atoms with Gasteiger partial charge in [0.05, 0.1) is 19.6 Å². The summed E-state index contributed by atoms with van der Waals surface area (Å²) < 4.78 is 5.16. The summed E-state index contributed by atoms with van der Waals surface area (Å²) in [6.07, 6.45) is 4.31. The molecule has 2 heterocycles. The molecule has 136 valence electrons. The van der Waals surface area contributed by atoms with Gasteiger partial charge in [-0.3, -0.25) is 14.5 Å². The van der Waals surface area contributed by atoms with Crippen molar-refractivity contribution in [1.29, 1.82) is 0 Å². The summed E-state index contributed by atoms with van der Waals surface area (Å²) in [7, 11) is 1.60. The minimum absolute atomic E-state index is 0.0442. The molecule has 0 bridgehead atoms. The van der Waals surface area contributed by atoms with E-state index in [1.54, 1.807) is 13.2 Å². The lowest BCUT2D eigenvalue weighted by Gasteiger charge is -2.29. The predicted octanol–water partition coefficient (Wildman–Crippen LogP) is 1.97. The largest absolute Gasteiger partial charge is 0.497 e. The molecule has 0 saturated carbocycles. The Hall–Kier alpha value is -2.08. The zero-order valence-electron chi connectivity index (χ0n) is 14.9. The standard InChI is InChI=1S/C19H27N3O3/c1-25-17-7-5-6-16(12-17)20-18(23)14-21-11-8-15(13-21)19(24)22-9-3-2-4-10-22/h5-7,12,15H,2-4,8-11,13-14H2,1H3,(H,20,23). The molecule has 0 spiro atoms. The summed E-state index contributed by atoms with van der Waals surface area (Å²) in [6, 6.07) is 7.32. The van der Waals surface area contributed by atoms with E-state index in [-0.39, 0.29) is 17.7 Å². The third-order valence-electron chi connectivity index (χ3n) is 5.01. The maximum Gasteiger partial charge on any atom is 0.238 e. The second-order valence-corrected chi connectivity index (χ2v) is 6.89. The van der Waals surface area contributed by atoms with Crippen LogP contribution < -0.4 is 10.1 Å². The van der Waals surface area contributed by atoms with Crippen molar-refractivity contribution in [2.75, 3.05) is 45.2 Å². The van der Waals surface area contributed by atoms with E-state index < -0.39 is 0 Å². The normalized spacial score (nSPS) is 21.2. The molecule has 1 aromatic carbocycles. The highest BCUT2D eigenvalue weighted by molar-refractivity contribution is 5.92. The van der Waals surface area contributed by atoms with E-state index in [4.69, 9.17) is 4.74 Å². The van der Waals surface area contributed by atoms with Crippen LogP contribution in [-0.4, -0.2) is 61.4 Å². The predicted molar refractivity (Wildman–Crippen MR) is 96.6 cm³/mol. The molecule has 0 radical (unpaired) electrons. The first-order chi connectivity index (χ1) is 12.2. The molecule has 25 heavy (non-hydrogen) atoms. The Bertz CT molecular complexity index is 614. The second-order valence-electron chi connectivity index (χ2n) is 6.89. The minimum atomic E-state index is -0.0562. The summed E-state index contributed by atoms with van der Waals surface area (Å²) in [6.45, 7) is 3.59. The van der Waals surface area contributed by atoms with Crippen LogP contribution in [0.2, 0.25) is 0 Å². The quantitative estimate of drug-likeness (QED) is 0.886. The fraction of sp³-hybridized carbons (Fsp3) is 0.579. The maximum absolute atomic E-state index is 12.6. The zero-order valence-corrected chi connectivity index (χ0v) is 14.9. The van der Waals surface area contributed by atoms with Crippen LogP contribution in [0.5, 0.6) is 5.75 Å². The molecule has 2 amide bonds. The molecule has 2 saturated heterocycles. The molecule has 0 aliphatic carbocycles. The first kappa shape index (κ1) is 17.7. The summed E-state index contributed by atoms with van der Waals surface area (Å²) in [4.78, 5) is 28.9. The first-order valence-electron chi connectivity index (χ1n) is 9.11.